The Labute approximate surface area is 61.7 Å². The fourth-order valence-electron chi connectivity index (χ4n) is 0.856. The minimum absolute atomic E-state index is 0.488. The van der Waals surface area contributed by atoms with Crippen molar-refractivity contribution in [3.63, 3.8) is 0 Å². The molecule has 2 aromatic rings. The highest BCUT2D eigenvalue weighted by atomic mass is 16.1. The summed E-state index contributed by atoms with van der Waals surface area (Å²) in [5.74, 6) is 0. The topological polar surface area (TPSA) is 60.2 Å². The zero-order valence-electron chi connectivity index (χ0n) is 5.51. The van der Waals surface area contributed by atoms with Crippen molar-refractivity contribution in [2.24, 2.45) is 0 Å². The number of carbonyl (C=O) groups is 1. The maximum atomic E-state index is 10.4. The van der Waals surface area contributed by atoms with Crippen molar-refractivity contribution in [2.45, 2.75) is 0 Å². The van der Waals surface area contributed by atoms with E-state index in [1.807, 2.05) is 0 Å². The first kappa shape index (κ1) is 5.96. The molecule has 0 bridgehead atoms. The Morgan fingerprint density at radius 3 is 3.27 bits per heavy atom. The average Bonchev–Trinajstić information content (AvgIpc) is 2.50. The summed E-state index contributed by atoms with van der Waals surface area (Å²) in [6.45, 7) is 0. The van der Waals surface area contributed by atoms with Crippen LogP contribution < -0.4 is 0 Å². The predicted octanol–water partition coefficient (Wildman–Crippen LogP) is -0.0632. The Kier molecular flexibility index (Phi) is 1.15. The highest BCUT2D eigenvalue weighted by molar-refractivity contribution is 5.83. The van der Waals surface area contributed by atoms with E-state index < -0.39 is 0 Å². The first-order valence-corrected chi connectivity index (χ1v) is 3.02. The molecule has 0 spiro atoms. The van der Waals surface area contributed by atoms with Gasteiger partial charge in [0, 0.05) is 6.20 Å². The van der Waals surface area contributed by atoms with Crippen LogP contribution in [-0.4, -0.2) is 26.1 Å². The normalized spacial score (nSPS) is 10.2. The van der Waals surface area contributed by atoms with Crippen molar-refractivity contribution in [2.75, 3.05) is 0 Å². The minimum atomic E-state index is 0.488. The highest BCUT2D eigenvalue weighted by Crippen LogP contribution is 2.00. The number of hydrogen-bond donors (Lipinski definition) is 0. The molecule has 0 amide bonds. The fraction of sp³-hybridized carbons (Fsp3) is 0. The number of aromatic nitrogens is 4. The van der Waals surface area contributed by atoms with E-state index in [2.05, 4.69) is 15.3 Å². The Hall–Kier alpha value is -1.78. The zero-order valence-corrected chi connectivity index (χ0v) is 5.51. The van der Waals surface area contributed by atoms with Gasteiger partial charge in [-0.25, -0.2) is 0 Å². The number of nitrogens with zero attached hydrogens (tertiary/aromatic N) is 4. The summed E-state index contributed by atoms with van der Waals surface area (Å²) < 4.78 is 1.45. The van der Waals surface area contributed by atoms with Crippen LogP contribution in [0.1, 0.15) is 10.4 Å². The number of aldehydes is 1. The van der Waals surface area contributed by atoms with Gasteiger partial charge in [0.05, 0.1) is 5.56 Å². The number of rotatable bonds is 1. The van der Waals surface area contributed by atoms with Gasteiger partial charge in [-0.15, -0.1) is 10.2 Å². The standard InChI is InChI=1S/C6H4N4O/c11-3-5-1-2-8-10-4-7-9-6(5)10/h1-4H. The van der Waals surface area contributed by atoms with E-state index in [1.54, 1.807) is 6.07 Å². The molecule has 0 aliphatic rings. The van der Waals surface area contributed by atoms with Gasteiger partial charge in [0.2, 0.25) is 0 Å². The van der Waals surface area contributed by atoms with Gasteiger partial charge < -0.3 is 0 Å². The van der Waals surface area contributed by atoms with Crippen LogP contribution in [0.3, 0.4) is 0 Å². The van der Waals surface area contributed by atoms with Gasteiger partial charge in [0.1, 0.15) is 6.33 Å². The van der Waals surface area contributed by atoms with E-state index in [-0.39, 0.29) is 0 Å². The quantitative estimate of drug-likeness (QED) is 0.531. The summed E-state index contributed by atoms with van der Waals surface area (Å²) >= 11 is 0. The first-order valence-electron chi connectivity index (χ1n) is 3.02. The van der Waals surface area contributed by atoms with E-state index >= 15 is 0 Å². The van der Waals surface area contributed by atoms with Crippen LogP contribution in [0.15, 0.2) is 18.6 Å². The lowest BCUT2D eigenvalue weighted by Crippen LogP contribution is -1.93. The van der Waals surface area contributed by atoms with Crippen molar-refractivity contribution in [3.05, 3.63) is 24.2 Å². The maximum absolute atomic E-state index is 10.4. The van der Waals surface area contributed by atoms with Crippen molar-refractivity contribution in [1.82, 2.24) is 19.8 Å². The summed E-state index contributed by atoms with van der Waals surface area (Å²) in [6.07, 6.45) is 3.70. The Balaban J connectivity index is 2.88. The van der Waals surface area contributed by atoms with E-state index in [0.29, 0.717) is 11.2 Å². The van der Waals surface area contributed by atoms with Crippen molar-refractivity contribution in [3.8, 4) is 0 Å². The third-order valence-corrected chi connectivity index (χ3v) is 1.36. The van der Waals surface area contributed by atoms with Gasteiger partial charge in [-0.3, -0.25) is 4.79 Å². The predicted molar refractivity (Wildman–Crippen MR) is 36.2 cm³/mol. The smallest absolute Gasteiger partial charge is 0.188 e. The van der Waals surface area contributed by atoms with Crippen LogP contribution in [0.2, 0.25) is 0 Å². The summed E-state index contributed by atoms with van der Waals surface area (Å²) in [7, 11) is 0. The number of hydrogen-bond acceptors (Lipinski definition) is 4. The van der Waals surface area contributed by atoms with Crippen LogP contribution in [-0.2, 0) is 0 Å². The number of carbonyl (C=O) groups excluding carboxylic acids is 1. The molecule has 11 heavy (non-hydrogen) atoms. The zero-order chi connectivity index (χ0) is 7.68. The van der Waals surface area contributed by atoms with Crippen LogP contribution in [0.4, 0.5) is 0 Å². The lowest BCUT2D eigenvalue weighted by molar-refractivity contribution is 0.112. The van der Waals surface area contributed by atoms with Crippen LogP contribution in [0, 0.1) is 0 Å². The molecule has 0 aromatic carbocycles. The van der Waals surface area contributed by atoms with Gasteiger partial charge in [-0.1, -0.05) is 0 Å². The molecule has 0 saturated heterocycles. The van der Waals surface area contributed by atoms with Crippen LogP contribution in [0.5, 0.6) is 0 Å². The van der Waals surface area contributed by atoms with E-state index in [9.17, 15) is 4.79 Å². The second-order valence-corrected chi connectivity index (χ2v) is 2.00. The van der Waals surface area contributed by atoms with E-state index in [0.717, 1.165) is 6.29 Å². The van der Waals surface area contributed by atoms with Gasteiger partial charge >= 0.3 is 0 Å². The van der Waals surface area contributed by atoms with Crippen molar-refractivity contribution < 1.29 is 4.79 Å². The summed E-state index contributed by atoms with van der Waals surface area (Å²) in [4.78, 5) is 10.4. The molecule has 54 valence electrons. The molecular formula is C6H4N4O. The average molecular weight is 148 g/mol. The molecular weight excluding hydrogens is 144 g/mol. The third kappa shape index (κ3) is 0.778. The molecule has 0 saturated carbocycles. The minimum Gasteiger partial charge on any atom is -0.298 e. The molecule has 0 fully saturated rings. The molecule has 0 aliphatic carbocycles. The van der Waals surface area contributed by atoms with Crippen molar-refractivity contribution >= 4 is 11.9 Å². The summed E-state index contributed by atoms with van der Waals surface area (Å²) in [5, 5.41) is 11.2. The number of fused-ring (bicyclic) bond motifs is 1. The van der Waals surface area contributed by atoms with Crippen LogP contribution >= 0.6 is 0 Å². The molecule has 5 heteroatoms. The lowest BCUT2D eigenvalue weighted by atomic mass is 10.3. The molecule has 2 aromatic heterocycles. The van der Waals surface area contributed by atoms with Crippen molar-refractivity contribution in [1.29, 1.82) is 0 Å². The maximum Gasteiger partial charge on any atom is 0.188 e. The van der Waals surface area contributed by atoms with Gasteiger partial charge in [0.25, 0.3) is 0 Å². The largest absolute Gasteiger partial charge is 0.298 e. The Morgan fingerprint density at radius 1 is 1.55 bits per heavy atom. The molecule has 0 radical (unpaired) electrons. The monoisotopic (exact) mass is 148 g/mol. The first-order chi connectivity index (χ1) is 5.42. The SMILES string of the molecule is O=Cc1ccnn2cnnc12. The van der Waals surface area contributed by atoms with Crippen LogP contribution in [0.25, 0.3) is 5.65 Å². The lowest BCUT2D eigenvalue weighted by Gasteiger charge is -1.90. The Bertz CT molecular complexity index is 394. The highest BCUT2D eigenvalue weighted by Gasteiger charge is 2.00. The molecule has 5 nitrogen and oxygen atoms in total. The van der Waals surface area contributed by atoms with Gasteiger partial charge in [-0.05, 0) is 6.07 Å². The van der Waals surface area contributed by atoms with Gasteiger partial charge in [0.15, 0.2) is 11.9 Å². The second kappa shape index (κ2) is 2.12. The fourth-order valence-corrected chi connectivity index (χ4v) is 0.856. The second-order valence-electron chi connectivity index (χ2n) is 2.00. The third-order valence-electron chi connectivity index (χ3n) is 1.36. The Morgan fingerprint density at radius 2 is 2.45 bits per heavy atom. The molecule has 2 rings (SSSR count). The van der Waals surface area contributed by atoms with E-state index in [1.165, 1.54) is 17.0 Å². The molecule has 0 N–H and O–H groups in total. The molecule has 0 unspecified atom stereocenters. The summed E-state index contributed by atoms with van der Waals surface area (Å²) in [5.41, 5.74) is 0.986. The summed E-state index contributed by atoms with van der Waals surface area (Å²) in [6, 6.07) is 1.59. The molecule has 2 heterocycles. The van der Waals surface area contributed by atoms with Gasteiger partial charge in [-0.2, -0.15) is 9.61 Å². The molecule has 0 atom stereocenters. The molecule has 0 aliphatic heterocycles. The van der Waals surface area contributed by atoms with E-state index in [4.69, 9.17) is 0 Å².